The number of fused-ring (bicyclic) bond motifs is 3. The third kappa shape index (κ3) is 3.18. The molecule has 0 aliphatic heterocycles. The molecule has 4 rings (SSSR count). The Morgan fingerprint density at radius 2 is 1.89 bits per heavy atom. The molecule has 27 heavy (non-hydrogen) atoms. The van der Waals surface area contributed by atoms with E-state index >= 15 is 0 Å². The highest BCUT2D eigenvalue weighted by Crippen LogP contribution is 2.43. The van der Waals surface area contributed by atoms with Gasteiger partial charge in [0.15, 0.2) is 5.58 Å². The Balaban J connectivity index is 1.72. The summed E-state index contributed by atoms with van der Waals surface area (Å²) in [6.07, 6.45) is 0. The number of anilines is 1. The van der Waals surface area contributed by atoms with Crippen LogP contribution in [0.5, 0.6) is 5.75 Å². The second-order valence-corrected chi connectivity index (χ2v) is 6.90. The van der Waals surface area contributed by atoms with Crippen LogP contribution in [0.3, 0.4) is 0 Å². The van der Waals surface area contributed by atoms with Gasteiger partial charge in [-0.3, -0.25) is 4.79 Å². The zero-order valence-corrected chi connectivity index (χ0v) is 14.8. The average molecular weight is 381 g/mol. The maximum atomic E-state index is 11.6. The van der Waals surface area contributed by atoms with Crippen LogP contribution in [0.25, 0.3) is 20.4 Å². The zero-order valence-electron chi connectivity index (χ0n) is 14.0. The van der Waals surface area contributed by atoms with Crippen molar-refractivity contribution in [2.24, 2.45) is 11.5 Å². The highest BCUT2D eigenvalue weighted by atomic mass is 32.1. The van der Waals surface area contributed by atoms with Gasteiger partial charge in [-0.2, -0.15) is 0 Å². The molecule has 4 aromatic rings. The molecule has 0 saturated heterocycles. The molecule has 3 amide bonds. The van der Waals surface area contributed by atoms with Gasteiger partial charge in [-0.05, 0) is 23.8 Å². The second kappa shape index (κ2) is 6.65. The molecule has 136 valence electrons. The lowest BCUT2D eigenvalue weighted by Crippen LogP contribution is -2.21. The first-order valence-corrected chi connectivity index (χ1v) is 8.86. The minimum atomic E-state index is -0.801. The topological polar surface area (TPSA) is 121 Å². The number of primary amides is 2. The number of thiophene rings is 1. The van der Waals surface area contributed by atoms with Crippen LogP contribution in [-0.2, 0) is 6.61 Å². The van der Waals surface area contributed by atoms with Gasteiger partial charge in [-0.1, -0.05) is 30.3 Å². The van der Waals surface area contributed by atoms with Crippen LogP contribution < -0.4 is 21.5 Å². The van der Waals surface area contributed by atoms with E-state index in [1.54, 1.807) is 0 Å². The van der Waals surface area contributed by atoms with Crippen LogP contribution in [0.1, 0.15) is 16.1 Å². The lowest BCUT2D eigenvalue weighted by molar-refractivity contribution is 0.0977. The minimum absolute atomic E-state index is 0.124. The Hall–Kier alpha value is -3.52. The Bertz CT molecular complexity index is 1160. The fourth-order valence-corrected chi connectivity index (χ4v) is 3.97. The van der Waals surface area contributed by atoms with Crippen molar-refractivity contribution < 1.29 is 18.7 Å². The van der Waals surface area contributed by atoms with E-state index in [-0.39, 0.29) is 11.4 Å². The maximum absolute atomic E-state index is 11.6. The number of ether oxygens (including phenoxy) is 1. The highest BCUT2D eigenvalue weighted by molar-refractivity contribution is 7.26. The van der Waals surface area contributed by atoms with E-state index in [9.17, 15) is 9.59 Å². The number of hydrogen-bond acceptors (Lipinski definition) is 5. The van der Waals surface area contributed by atoms with Crippen molar-refractivity contribution >= 4 is 49.3 Å². The molecule has 0 unspecified atom stereocenters. The van der Waals surface area contributed by atoms with E-state index in [2.05, 4.69) is 5.32 Å². The molecule has 2 aromatic carbocycles. The van der Waals surface area contributed by atoms with E-state index in [0.717, 1.165) is 15.6 Å². The van der Waals surface area contributed by atoms with E-state index in [1.165, 1.54) is 11.3 Å². The maximum Gasteiger partial charge on any atom is 0.316 e. The number of furan rings is 1. The molecular weight excluding hydrogens is 366 g/mol. The Morgan fingerprint density at radius 3 is 2.59 bits per heavy atom. The number of nitrogens with two attached hydrogens (primary N) is 2. The predicted molar refractivity (Wildman–Crippen MR) is 104 cm³/mol. The van der Waals surface area contributed by atoms with Crippen LogP contribution in [0.4, 0.5) is 10.5 Å². The van der Waals surface area contributed by atoms with Crippen molar-refractivity contribution in [1.29, 1.82) is 0 Å². The molecule has 0 radical (unpaired) electrons. The van der Waals surface area contributed by atoms with E-state index in [0.29, 0.717) is 22.6 Å². The number of rotatable bonds is 5. The van der Waals surface area contributed by atoms with E-state index in [4.69, 9.17) is 20.6 Å². The van der Waals surface area contributed by atoms with Gasteiger partial charge in [0.05, 0.1) is 4.70 Å². The predicted octanol–water partition coefficient (Wildman–Crippen LogP) is 3.82. The molecule has 0 spiro atoms. The van der Waals surface area contributed by atoms with Gasteiger partial charge in [0.1, 0.15) is 18.0 Å². The number of nitrogens with one attached hydrogen (secondary N) is 1. The number of amides is 3. The molecule has 0 atom stereocenters. The first kappa shape index (κ1) is 16.9. The standard InChI is InChI=1S/C19H15N3O4S/c20-18(23)16-14(22-19(21)24)17-15(26-16)12-7-6-11(8-13(12)27-17)25-9-10-4-2-1-3-5-10/h1-8H,9H2,(H2,20,23)(H3,21,22,24). The van der Waals surface area contributed by atoms with Crippen LogP contribution >= 0.6 is 11.3 Å². The molecule has 0 aliphatic rings. The summed E-state index contributed by atoms with van der Waals surface area (Å²) in [5.41, 5.74) is 12.3. The van der Waals surface area contributed by atoms with E-state index in [1.807, 2.05) is 48.5 Å². The number of carbonyl (C=O) groups excluding carboxylic acids is 2. The fraction of sp³-hybridized carbons (Fsp3) is 0.0526. The van der Waals surface area contributed by atoms with Gasteiger partial charge in [-0.15, -0.1) is 11.3 Å². The van der Waals surface area contributed by atoms with Gasteiger partial charge in [0, 0.05) is 10.1 Å². The molecule has 0 fully saturated rings. The summed E-state index contributed by atoms with van der Waals surface area (Å²) in [6.45, 7) is 0.453. The molecule has 0 aliphatic carbocycles. The minimum Gasteiger partial charge on any atom is -0.489 e. The van der Waals surface area contributed by atoms with Crippen molar-refractivity contribution in [3.63, 3.8) is 0 Å². The third-order valence-corrected chi connectivity index (χ3v) is 5.15. The summed E-state index contributed by atoms with van der Waals surface area (Å²) < 4.78 is 12.9. The van der Waals surface area contributed by atoms with Crippen molar-refractivity contribution in [3.8, 4) is 5.75 Å². The second-order valence-electron chi connectivity index (χ2n) is 5.85. The monoisotopic (exact) mass is 381 g/mol. The molecule has 8 heteroatoms. The van der Waals surface area contributed by atoms with Crippen molar-refractivity contribution in [2.75, 3.05) is 5.32 Å². The largest absolute Gasteiger partial charge is 0.489 e. The summed E-state index contributed by atoms with van der Waals surface area (Å²) in [5, 5.41) is 3.22. The molecule has 0 saturated carbocycles. The van der Waals surface area contributed by atoms with Crippen molar-refractivity contribution in [2.45, 2.75) is 6.61 Å². The number of hydrogen-bond donors (Lipinski definition) is 3. The summed E-state index contributed by atoms with van der Waals surface area (Å²) in [4.78, 5) is 22.9. The SMILES string of the molecule is NC(=O)Nc1c(C(N)=O)oc2c1sc1cc(OCc3ccccc3)ccc12. The molecular formula is C19H15N3O4S. The van der Waals surface area contributed by atoms with Crippen LogP contribution in [-0.4, -0.2) is 11.9 Å². The van der Waals surface area contributed by atoms with Crippen LogP contribution in [0.15, 0.2) is 52.9 Å². The summed E-state index contributed by atoms with van der Waals surface area (Å²) in [7, 11) is 0. The lowest BCUT2D eigenvalue weighted by atomic mass is 10.2. The third-order valence-electron chi connectivity index (χ3n) is 3.99. The van der Waals surface area contributed by atoms with Gasteiger partial charge in [0.25, 0.3) is 5.91 Å². The van der Waals surface area contributed by atoms with Crippen LogP contribution in [0.2, 0.25) is 0 Å². The lowest BCUT2D eigenvalue weighted by Gasteiger charge is -2.06. The molecule has 0 bridgehead atoms. The summed E-state index contributed by atoms with van der Waals surface area (Å²) in [5.74, 6) is -0.200. The Labute approximate surface area is 157 Å². The van der Waals surface area contributed by atoms with Gasteiger partial charge in [0.2, 0.25) is 5.76 Å². The summed E-state index contributed by atoms with van der Waals surface area (Å²) in [6, 6.07) is 14.6. The first-order chi connectivity index (χ1) is 13.0. The highest BCUT2D eigenvalue weighted by Gasteiger charge is 2.23. The van der Waals surface area contributed by atoms with Crippen molar-refractivity contribution in [1.82, 2.24) is 0 Å². The van der Waals surface area contributed by atoms with Crippen LogP contribution in [0, 0.1) is 0 Å². The van der Waals surface area contributed by atoms with Gasteiger partial charge >= 0.3 is 6.03 Å². The molecule has 2 heterocycles. The zero-order chi connectivity index (χ0) is 19.0. The fourth-order valence-electron chi connectivity index (χ4n) is 2.82. The van der Waals surface area contributed by atoms with E-state index < -0.39 is 11.9 Å². The van der Waals surface area contributed by atoms with Gasteiger partial charge in [-0.25, -0.2) is 4.79 Å². The molecule has 7 nitrogen and oxygen atoms in total. The van der Waals surface area contributed by atoms with Gasteiger partial charge < -0.3 is 25.9 Å². The quantitative estimate of drug-likeness (QED) is 0.486. The summed E-state index contributed by atoms with van der Waals surface area (Å²) >= 11 is 1.35. The Morgan fingerprint density at radius 1 is 1.11 bits per heavy atom. The Kier molecular flexibility index (Phi) is 4.17. The number of urea groups is 1. The number of benzene rings is 2. The first-order valence-electron chi connectivity index (χ1n) is 8.05. The average Bonchev–Trinajstić information content (AvgIpc) is 3.17. The number of carbonyl (C=O) groups is 2. The molecule has 5 N–H and O–H groups in total. The normalized spacial score (nSPS) is 11.0. The van der Waals surface area contributed by atoms with Crippen molar-refractivity contribution in [3.05, 3.63) is 59.9 Å². The molecule has 2 aromatic heterocycles. The smallest absolute Gasteiger partial charge is 0.316 e.